The number of para-hydroxylation sites is 2. The summed E-state index contributed by atoms with van der Waals surface area (Å²) in [4.78, 5) is 7.05. The first-order chi connectivity index (χ1) is 14.1. The number of benzene rings is 1. The van der Waals surface area contributed by atoms with Crippen molar-refractivity contribution in [1.29, 1.82) is 0 Å². The second-order valence-electron chi connectivity index (χ2n) is 7.72. The Labute approximate surface area is 173 Å². The SMILES string of the molecule is CCNC(=NCc1cc(C(C)C)no1)NCC1CCN(c2ccccc2OC)C1. The maximum absolute atomic E-state index is 5.51. The van der Waals surface area contributed by atoms with Crippen molar-refractivity contribution in [3.8, 4) is 5.75 Å². The fraction of sp³-hybridized carbons (Fsp3) is 0.545. The van der Waals surface area contributed by atoms with Crippen molar-refractivity contribution < 1.29 is 9.26 Å². The van der Waals surface area contributed by atoms with Crippen LogP contribution in [0.2, 0.25) is 0 Å². The molecule has 1 fully saturated rings. The monoisotopic (exact) mass is 399 g/mol. The lowest BCUT2D eigenvalue weighted by atomic mass is 10.1. The molecule has 1 aromatic carbocycles. The number of hydrogen-bond acceptors (Lipinski definition) is 5. The summed E-state index contributed by atoms with van der Waals surface area (Å²) < 4.78 is 10.9. The first-order valence-electron chi connectivity index (χ1n) is 10.5. The number of aromatic nitrogens is 1. The third-order valence-corrected chi connectivity index (χ3v) is 5.18. The predicted octanol–water partition coefficient (Wildman–Crippen LogP) is 3.39. The standard InChI is InChI=1S/C22H33N5O2/c1-5-23-22(25-14-18-12-19(16(2)3)26-29-18)24-13-17-10-11-27(15-17)20-8-6-7-9-21(20)28-4/h6-9,12,16-17H,5,10-11,13-15H2,1-4H3,(H2,23,24,25). The molecule has 29 heavy (non-hydrogen) atoms. The molecule has 2 heterocycles. The Balaban J connectivity index is 1.53. The van der Waals surface area contributed by atoms with E-state index in [2.05, 4.69) is 58.6 Å². The van der Waals surface area contributed by atoms with E-state index in [9.17, 15) is 0 Å². The molecule has 1 saturated heterocycles. The third-order valence-electron chi connectivity index (χ3n) is 5.18. The zero-order chi connectivity index (χ0) is 20.6. The van der Waals surface area contributed by atoms with Gasteiger partial charge in [0, 0.05) is 32.2 Å². The molecule has 1 atom stereocenters. The van der Waals surface area contributed by atoms with Crippen LogP contribution in [0.3, 0.4) is 0 Å². The molecular formula is C22H33N5O2. The molecular weight excluding hydrogens is 366 g/mol. The summed E-state index contributed by atoms with van der Waals surface area (Å²) >= 11 is 0. The van der Waals surface area contributed by atoms with Gasteiger partial charge in [0.25, 0.3) is 0 Å². The second kappa shape index (κ2) is 10.2. The van der Waals surface area contributed by atoms with Crippen LogP contribution in [-0.4, -0.2) is 44.4 Å². The number of aliphatic imine (C=N–C) groups is 1. The van der Waals surface area contributed by atoms with E-state index in [0.29, 0.717) is 18.4 Å². The highest BCUT2D eigenvalue weighted by atomic mass is 16.5. The van der Waals surface area contributed by atoms with E-state index in [4.69, 9.17) is 9.26 Å². The molecule has 0 radical (unpaired) electrons. The van der Waals surface area contributed by atoms with Crippen molar-refractivity contribution in [1.82, 2.24) is 15.8 Å². The number of hydrogen-bond donors (Lipinski definition) is 2. The molecule has 7 nitrogen and oxygen atoms in total. The van der Waals surface area contributed by atoms with Crippen LogP contribution in [0.15, 0.2) is 39.8 Å². The van der Waals surface area contributed by atoms with E-state index in [-0.39, 0.29) is 0 Å². The molecule has 3 rings (SSSR count). The van der Waals surface area contributed by atoms with E-state index >= 15 is 0 Å². The van der Waals surface area contributed by atoms with Gasteiger partial charge in [-0.2, -0.15) is 0 Å². The quantitative estimate of drug-likeness (QED) is 0.524. The molecule has 0 spiro atoms. The minimum atomic E-state index is 0.358. The number of methoxy groups -OCH3 is 1. The average molecular weight is 400 g/mol. The summed E-state index contributed by atoms with van der Waals surface area (Å²) in [5.41, 5.74) is 2.14. The summed E-state index contributed by atoms with van der Waals surface area (Å²) in [6.07, 6.45) is 1.14. The van der Waals surface area contributed by atoms with Gasteiger partial charge in [0.05, 0.1) is 18.5 Å². The van der Waals surface area contributed by atoms with Gasteiger partial charge >= 0.3 is 0 Å². The summed E-state index contributed by atoms with van der Waals surface area (Å²) in [5, 5.41) is 10.9. The Kier molecular flexibility index (Phi) is 7.38. The second-order valence-corrected chi connectivity index (χ2v) is 7.72. The lowest BCUT2D eigenvalue weighted by molar-refractivity contribution is 0.376. The molecule has 1 aliphatic rings. The first kappa shape index (κ1) is 21.0. The zero-order valence-electron chi connectivity index (χ0n) is 17.9. The Hall–Kier alpha value is -2.70. The van der Waals surface area contributed by atoms with Crippen LogP contribution in [0, 0.1) is 5.92 Å². The summed E-state index contributed by atoms with van der Waals surface area (Å²) in [6.45, 7) is 10.5. The van der Waals surface area contributed by atoms with Crippen LogP contribution in [0.4, 0.5) is 5.69 Å². The summed E-state index contributed by atoms with van der Waals surface area (Å²) in [5.74, 6) is 3.45. The minimum Gasteiger partial charge on any atom is -0.495 e. The molecule has 1 aliphatic heterocycles. The maximum atomic E-state index is 5.51. The fourth-order valence-corrected chi connectivity index (χ4v) is 3.52. The van der Waals surface area contributed by atoms with Gasteiger partial charge in [-0.25, -0.2) is 4.99 Å². The number of nitrogens with zero attached hydrogens (tertiary/aromatic N) is 3. The van der Waals surface area contributed by atoms with Crippen LogP contribution in [-0.2, 0) is 6.54 Å². The van der Waals surface area contributed by atoms with Crippen molar-refractivity contribution >= 4 is 11.6 Å². The Bertz CT molecular complexity index is 802. The number of nitrogens with one attached hydrogen (secondary N) is 2. The van der Waals surface area contributed by atoms with E-state index in [1.807, 2.05) is 18.2 Å². The Morgan fingerprint density at radius 3 is 2.90 bits per heavy atom. The van der Waals surface area contributed by atoms with Crippen LogP contribution in [0.25, 0.3) is 0 Å². The van der Waals surface area contributed by atoms with Crippen molar-refractivity contribution in [3.05, 3.63) is 41.8 Å². The Morgan fingerprint density at radius 1 is 1.34 bits per heavy atom. The number of anilines is 1. The van der Waals surface area contributed by atoms with Gasteiger partial charge in [0.2, 0.25) is 0 Å². The van der Waals surface area contributed by atoms with E-state index < -0.39 is 0 Å². The van der Waals surface area contributed by atoms with E-state index in [1.54, 1.807) is 7.11 Å². The van der Waals surface area contributed by atoms with Crippen LogP contribution in [0.5, 0.6) is 5.75 Å². The molecule has 1 aromatic heterocycles. The van der Waals surface area contributed by atoms with Crippen molar-refractivity contribution in [2.24, 2.45) is 10.9 Å². The van der Waals surface area contributed by atoms with Crippen molar-refractivity contribution in [3.63, 3.8) is 0 Å². The molecule has 7 heteroatoms. The zero-order valence-corrected chi connectivity index (χ0v) is 17.9. The Morgan fingerprint density at radius 2 is 2.17 bits per heavy atom. The molecule has 158 valence electrons. The fourth-order valence-electron chi connectivity index (χ4n) is 3.52. The van der Waals surface area contributed by atoms with Gasteiger partial charge in [-0.05, 0) is 37.3 Å². The predicted molar refractivity (Wildman–Crippen MR) is 117 cm³/mol. The van der Waals surface area contributed by atoms with Gasteiger partial charge < -0.3 is 24.8 Å². The molecule has 0 bridgehead atoms. The third kappa shape index (κ3) is 5.65. The van der Waals surface area contributed by atoms with Gasteiger partial charge in [-0.3, -0.25) is 0 Å². The van der Waals surface area contributed by atoms with Crippen molar-refractivity contribution in [2.75, 3.05) is 38.2 Å². The lowest BCUT2D eigenvalue weighted by Crippen LogP contribution is -2.40. The van der Waals surface area contributed by atoms with Gasteiger partial charge in [0.1, 0.15) is 12.3 Å². The van der Waals surface area contributed by atoms with E-state index in [1.165, 1.54) is 5.69 Å². The highest BCUT2D eigenvalue weighted by Gasteiger charge is 2.24. The van der Waals surface area contributed by atoms with Crippen LogP contribution >= 0.6 is 0 Å². The number of guanidine groups is 1. The van der Waals surface area contributed by atoms with Gasteiger partial charge in [0.15, 0.2) is 11.7 Å². The number of rotatable bonds is 8. The smallest absolute Gasteiger partial charge is 0.191 e. The molecule has 0 aliphatic carbocycles. The molecule has 2 aromatic rings. The first-order valence-corrected chi connectivity index (χ1v) is 10.5. The summed E-state index contributed by atoms with van der Waals surface area (Å²) in [7, 11) is 1.73. The van der Waals surface area contributed by atoms with Crippen molar-refractivity contribution in [2.45, 2.75) is 39.7 Å². The minimum absolute atomic E-state index is 0.358. The van der Waals surface area contributed by atoms with Crippen LogP contribution < -0.4 is 20.3 Å². The summed E-state index contributed by atoms with van der Waals surface area (Å²) in [6, 6.07) is 10.2. The average Bonchev–Trinajstić information content (AvgIpc) is 3.40. The topological polar surface area (TPSA) is 74.9 Å². The van der Waals surface area contributed by atoms with Crippen LogP contribution in [0.1, 0.15) is 44.6 Å². The maximum Gasteiger partial charge on any atom is 0.191 e. The van der Waals surface area contributed by atoms with Gasteiger partial charge in [-0.15, -0.1) is 0 Å². The largest absolute Gasteiger partial charge is 0.495 e. The number of ether oxygens (including phenoxy) is 1. The van der Waals surface area contributed by atoms with E-state index in [0.717, 1.165) is 55.8 Å². The normalized spacial score (nSPS) is 17.1. The molecule has 2 N–H and O–H groups in total. The molecule has 0 amide bonds. The molecule has 0 saturated carbocycles. The molecule has 1 unspecified atom stereocenters. The lowest BCUT2D eigenvalue weighted by Gasteiger charge is -2.21. The highest BCUT2D eigenvalue weighted by Crippen LogP contribution is 2.31. The highest BCUT2D eigenvalue weighted by molar-refractivity contribution is 5.79. The van der Waals surface area contributed by atoms with Gasteiger partial charge in [-0.1, -0.05) is 31.1 Å².